The van der Waals surface area contributed by atoms with Gasteiger partial charge in [0, 0.05) is 27.7 Å². The number of nitrogens with zero attached hydrogens (tertiary/aromatic N) is 2. The van der Waals surface area contributed by atoms with E-state index in [4.69, 9.17) is 28.2 Å². The molecule has 0 bridgehead atoms. The number of halogens is 2. The predicted molar refractivity (Wildman–Crippen MR) is 119 cm³/mol. The number of nitrogens with one attached hydrogen (secondary N) is 2. The van der Waals surface area contributed by atoms with Gasteiger partial charge in [0.1, 0.15) is 5.82 Å². The highest BCUT2D eigenvalue weighted by Crippen LogP contribution is 2.28. The number of anilines is 3. The fourth-order valence-electron chi connectivity index (χ4n) is 3.89. The van der Waals surface area contributed by atoms with Crippen LogP contribution in [0.3, 0.4) is 0 Å². The Bertz CT molecular complexity index is 934. The maximum absolute atomic E-state index is 6.11. The number of fused-ring (bicyclic) bond motifs is 1. The van der Waals surface area contributed by atoms with Gasteiger partial charge in [0.2, 0.25) is 5.95 Å². The van der Waals surface area contributed by atoms with Crippen LogP contribution in [0.1, 0.15) is 38.5 Å². The molecule has 0 atom stereocenters. The highest BCUT2D eigenvalue weighted by molar-refractivity contribution is 6.35. The van der Waals surface area contributed by atoms with Crippen LogP contribution in [0.5, 0.6) is 0 Å². The predicted octanol–water partition coefficient (Wildman–Crippen LogP) is 7.06. The zero-order valence-corrected chi connectivity index (χ0v) is 17.2. The molecule has 1 saturated carbocycles. The van der Waals surface area contributed by atoms with Crippen LogP contribution in [0.15, 0.2) is 42.5 Å². The van der Waals surface area contributed by atoms with Crippen LogP contribution < -0.4 is 10.6 Å². The molecule has 1 fully saturated rings. The Balaban J connectivity index is 1.54. The highest BCUT2D eigenvalue weighted by Gasteiger charge is 2.14. The second-order valence-electron chi connectivity index (χ2n) is 7.42. The van der Waals surface area contributed by atoms with Gasteiger partial charge in [-0.15, -0.1) is 0 Å². The average molecular weight is 415 g/mol. The van der Waals surface area contributed by atoms with Crippen molar-refractivity contribution in [3.63, 3.8) is 0 Å². The van der Waals surface area contributed by atoms with Gasteiger partial charge in [-0.3, -0.25) is 0 Å². The van der Waals surface area contributed by atoms with E-state index in [9.17, 15) is 0 Å². The Hall–Kier alpha value is -2.04. The zero-order valence-electron chi connectivity index (χ0n) is 15.7. The van der Waals surface area contributed by atoms with E-state index in [0.717, 1.165) is 34.9 Å². The molecule has 6 heteroatoms. The molecule has 146 valence electrons. The molecular weight excluding hydrogens is 391 g/mol. The molecule has 1 aliphatic carbocycles. The number of para-hydroxylation sites is 1. The van der Waals surface area contributed by atoms with Crippen molar-refractivity contribution in [3.8, 4) is 0 Å². The molecule has 1 aromatic heterocycles. The first-order valence-electron chi connectivity index (χ1n) is 9.91. The van der Waals surface area contributed by atoms with Crippen molar-refractivity contribution in [2.24, 2.45) is 5.92 Å². The Morgan fingerprint density at radius 2 is 1.68 bits per heavy atom. The normalized spacial score (nSPS) is 14.9. The number of hydrogen-bond donors (Lipinski definition) is 2. The molecule has 0 radical (unpaired) electrons. The number of rotatable bonds is 6. The standard InChI is InChI=1S/C22H24Cl2N4/c23-16-12-17(24)14-18(13-16)26-22-27-20-9-5-4-8-19(20)21(28-22)25-11-10-15-6-2-1-3-7-15/h4-5,8-9,12-15H,1-3,6-7,10-11H2,(H2,25,26,27,28). The van der Waals surface area contributed by atoms with Crippen molar-refractivity contribution in [2.75, 3.05) is 17.2 Å². The van der Waals surface area contributed by atoms with Gasteiger partial charge in [-0.2, -0.15) is 4.98 Å². The van der Waals surface area contributed by atoms with E-state index < -0.39 is 0 Å². The topological polar surface area (TPSA) is 49.8 Å². The maximum atomic E-state index is 6.11. The molecule has 1 aliphatic rings. The van der Waals surface area contributed by atoms with Gasteiger partial charge in [0.25, 0.3) is 0 Å². The molecule has 3 aromatic rings. The molecule has 0 spiro atoms. The van der Waals surface area contributed by atoms with E-state index in [0.29, 0.717) is 16.0 Å². The van der Waals surface area contributed by atoms with Crippen molar-refractivity contribution in [1.29, 1.82) is 0 Å². The summed E-state index contributed by atoms with van der Waals surface area (Å²) in [6.45, 7) is 0.925. The third-order valence-electron chi connectivity index (χ3n) is 5.29. The second kappa shape index (κ2) is 8.97. The Labute approximate surface area is 175 Å². The summed E-state index contributed by atoms with van der Waals surface area (Å²) in [5, 5.41) is 8.94. The van der Waals surface area contributed by atoms with Crippen molar-refractivity contribution >= 4 is 51.6 Å². The highest BCUT2D eigenvalue weighted by atomic mass is 35.5. The Morgan fingerprint density at radius 3 is 2.46 bits per heavy atom. The minimum atomic E-state index is 0.525. The fraction of sp³-hybridized carbons (Fsp3) is 0.364. The molecule has 0 unspecified atom stereocenters. The first-order valence-corrected chi connectivity index (χ1v) is 10.7. The summed E-state index contributed by atoms with van der Waals surface area (Å²) >= 11 is 12.2. The largest absolute Gasteiger partial charge is 0.369 e. The molecule has 2 N–H and O–H groups in total. The summed E-state index contributed by atoms with van der Waals surface area (Å²) in [6.07, 6.45) is 8.03. The van der Waals surface area contributed by atoms with Crippen molar-refractivity contribution < 1.29 is 0 Å². The van der Waals surface area contributed by atoms with E-state index in [1.54, 1.807) is 6.07 Å². The smallest absolute Gasteiger partial charge is 0.229 e. The summed E-state index contributed by atoms with van der Waals surface area (Å²) < 4.78 is 0. The molecule has 0 aliphatic heterocycles. The van der Waals surface area contributed by atoms with Crippen molar-refractivity contribution in [1.82, 2.24) is 9.97 Å². The first kappa shape index (κ1) is 19.3. The molecule has 28 heavy (non-hydrogen) atoms. The number of aromatic nitrogens is 2. The van der Waals surface area contributed by atoms with Crippen LogP contribution >= 0.6 is 23.2 Å². The van der Waals surface area contributed by atoms with E-state index in [1.807, 2.05) is 30.3 Å². The van der Waals surface area contributed by atoms with E-state index in [-0.39, 0.29) is 0 Å². The molecular formula is C22H24Cl2N4. The van der Waals surface area contributed by atoms with E-state index >= 15 is 0 Å². The molecule has 4 nitrogen and oxygen atoms in total. The second-order valence-corrected chi connectivity index (χ2v) is 8.29. The van der Waals surface area contributed by atoms with Crippen LogP contribution in [0.2, 0.25) is 10.0 Å². The number of benzene rings is 2. The number of hydrogen-bond acceptors (Lipinski definition) is 4. The maximum Gasteiger partial charge on any atom is 0.229 e. The van der Waals surface area contributed by atoms with Crippen LogP contribution in [0, 0.1) is 5.92 Å². The van der Waals surface area contributed by atoms with Gasteiger partial charge in [0.05, 0.1) is 5.52 Å². The van der Waals surface area contributed by atoms with Crippen molar-refractivity contribution in [3.05, 3.63) is 52.5 Å². The third-order valence-corrected chi connectivity index (χ3v) is 5.73. The molecule has 0 amide bonds. The Morgan fingerprint density at radius 1 is 0.929 bits per heavy atom. The van der Waals surface area contributed by atoms with Gasteiger partial charge in [-0.1, -0.05) is 67.4 Å². The van der Waals surface area contributed by atoms with Crippen LogP contribution in [0.4, 0.5) is 17.5 Å². The summed E-state index contributed by atoms with van der Waals surface area (Å²) in [7, 11) is 0. The van der Waals surface area contributed by atoms with Crippen LogP contribution in [-0.4, -0.2) is 16.5 Å². The van der Waals surface area contributed by atoms with Gasteiger partial charge in [-0.25, -0.2) is 4.98 Å². The summed E-state index contributed by atoms with van der Waals surface area (Å²) in [4.78, 5) is 9.36. The Kier molecular flexibility index (Phi) is 6.18. The van der Waals surface area contributed by atoms with Crippen LogP contribution in [-0.2, 0) is 0 Å². The fourth-order valence-corrected chi connectivity index (χ4v) is 4.42. The molecule has 0 saturated heterocycles. The minimum Gasteiger partial charge on any atom is -0.369 e. The van der Waals surface area contributed by atoms with Crippen LogP contribution in [0.25, 0.3) is 10.9 Å². The molecule has 1 heterocycles. The summed E-state index contributed by atoms with van der Waals surface area (Å²) in [5.41, 5.74) is 1.66. The quantitative estimate of drug-likeness (QED) is 0.452. The van der Waals surface area contributed by atoms with E-state index in [2.05, 4.69) is 21.7 Å². The average Bonchev–Trinajstić information content (AvgIpc) is 2.68. The van der Waals surface area contributed by atoms with Gasteiger partial charge in [0.15, 0.2) is 0 Å². The lowest BCUT2D eigenvalue weighted by Gasteiger charge is -2.21. The third kappa shape index (κ3) is 4.86. The van der Waals surface area contributed by atoms with Gasteiger partial charge < -0.3 is 10.6 Å². The molecule has 2 aromatic carbocycles. The minimum absolute atomic E-state index is 0.525. The molecule has 4 rings (SSSR count). The lowest BCUT2D eigenvalue weighted by Crippen LogP contribution is -2.13. The van der Waals surface area contributed by atoms with Crippen molar-refractivity contribution in [2.45, 2.75) is 38.5 Å². The van der Waals surface area contributed by atoms with Gasteiger partial charge >= 0.3 is 0 Å². The summed E-state index contributed by atoms with van der Waals surface area (Å²) in [5.74, 6) is 2.22. The lowest BCUT2D eigenvalue weighted by molar-refractivity contribution is 0.345. The van der Waals surface area contributed by atoms with Gasteiger partial charge in [-0.05, 0) is 42.7 Å². The zero-order chi connectivity index (χ0) is 19.3. The summed E-state index contributed by atoms with van der Waals surface area (Å²) in [6, 6.07) is 13.4. The lowest BCUT2D eigenvalue weighted by atomic mass is 9.87. The first-order chi connectivity index (χ1) is 13.7. The SMILES string of the molecule is Clc1cc(Cl)cc(Nc2nc(NCCC3CCCCC3)c3ccccc3n2)c1. The monoisotopic (exact) mass is 414 g/mol. The van der Waals surface area contributed by atoms with E-state index in [1.165, 1.54) is 38.5 Å².